The van der Waals surface area contributed by atoms with Crippen LogP contribution in [0.1, 0.15) is 18.5 Å². The number of benzene rings is 2. The number of anilines is 1. The van der Waals surface area contributed by atoms with Gasteiger partial charge < -0.3 is 19.1 Å². The molecule has 0 bridgehead atoms. The number of rotatable bonds is 7. The molecule has 0 N–H and O–H groups in total. The number of hydrogen-bond donors (Lipinski definition) is 0. The van der Waals surface area contributed by atoms with Gasteiger partial charge in [-0.15, -0.1) is 5.10 Å². The summed E-state index contributed by atoms with van der Waals surface area (Å²) in [5.41, 5.74) is 2.40. The van der Waals surface area contributed by atoms with Crippen LogP contribution in [0.5, 0.6) is 17.2 Å². The van der Waals surface area contributed by atoms with Crippen LogP contribution in [0.15, 0.2) is 48.7 Å². The van der Waals surface area contributed by atoms with Crippen molar-refractivity contribution in [1.29, 1.82) is 0 Å². The Balaban J connectivity index is 2.00. The minimum atomic E-state index is -0.0206. The van der Waals surface area contributed by atoms with Gasteiger partial charge >= 0.3 is 0 Å². The lowest BCUT2D eigenvalue weighted by molar-refractivity contribution is 0.397. The Morgan fingerprint density at radius 1 is 0.857 bits per heavy atom. The lowest BCUT2D eigenvalue weighted by Crippen LogP contribution is -2.24. The molecule has 0 aliphatic carbocycles. The quantitative estimate of drug-likeness (QED) is 0.618. The minimum absolute atomic E-state index is 0.0206. The second kappa shape index (κ2) is 8.56. The maximum Gasteiger partial charge on any atom is 0.246 e. The van der Waals surface area contributed by atoms with E-state index in [4.69, 9.17) is 19.2 Å². The highest BCUT2D eigenvalue weighted by molar-refractivity contribution is 5.74. The summed E-state index contributed by atoms with van der Waals surface area (Å²) in [4.78, 5) is 6.67. The maximum atomic E-state index is 5.49. The van der Waals surface area contributed by atoms with Crippen LogP contribution in [0.3, 0.4) is 0 Å². The van der Waals surface area contributed by atoms with Crippen molar-refractivity contribution in [3.05, 3.63) is 54.2 Å². The fourth-order valence-corrected chi connectivity index (χ4v) is 3.06. The fourth-order valence-electron chi connectivity index (χ4n) is 3.06. The molecule has 0 saturated heterocycles. The molecule has 1 unspecified atom stereocenters. The van der Waals surface area contributed by atoms with Crippen molar-refractivity contribution < 1.29 is 14.2 Å². The minimum Gasteiger partial charge on any atom is -0.496 e. The molecule has 0 fully saturated rings. The summed E-state index contributed by atoms with van der Waals surface area (Å²) < 4.78 is 16.5. The van der Waals surface area contributed by atoms with Crippen LogP contribution in [0.4, 0.5) is 5.95 Å². The van der Waals surface area contributed by atoms with Crippen molar-refractivity contribution in [3.63, 3.8) is 0 Å². The van der Waals surface area contributed by atoms with Gasteiger partial charge in [0.05, 0.1) is 39.1 Å². The SMILES string of the molecule is COc1ccccc1C(C)N(C)c1nncc(-c2c(OC)cccc2OC)n1. The first-order valence-corrected chi connectivity index (χ1v) is 8.87. The lowest BCUT2D eigenvalue weighted by atomic mass is 10.1. The van der Waals surface area contributed by atoms with Gasteiger partial charge in [0.25, 0.3) is 0 Å². The third-order valence-corrected chi connectivity index (χ3v) is 4.72. The highest BCUT2D eigenvalue weighted by Gasteiger charge is 2.21. The van der Waals surface area contributed by atoms with E-state index in [1.165, 1.54) is 0 Å². The van der Waals surface area contributed by atoms with Gasteiger partial charge in [0.2, 0.25) is 5.95 Å². The van der Waals surface area contributed by atoms with Gasteiger partial charge in [0, 0.05) is 12.6 Å². The van der Waals surface area contributed by atoms with Crippen molar-refractivity contribution in [3.8, 4) is 28.5 Å². The molecule has 3 aromatic rings. The number of aromatic nitrogens is 3. The van der Waals surface area contributed by atoms with E-state index in [0.717, 1.165) is 16.9 Å². The Hall–Kier alpha value is -3.35. The van der Waals surface area contributed by atoms with Crippen molar-refractivity contribution >= 4 is 5.95 Å². The summed E-state index contributed by atoms with van der Waals surface area (Å²) in [6.07, 6.45) is 1.60. The van der Waals surface area contributed by atoms with Crippen LogP contribution in [0, 0.1) is 0 Å². The van der Waals surface area contributed by atoms with Crippen LogP contribution in [0.2, 0.25) is 0 Å². The lowest BCUT2D eigenvalue weighted by Gasteiger charge is -2.26. The fraction of sp³-hybridized carbons (Fsp3) is 0.286. The molecule has 7 heteroatoms. The van der Waals surface area contributed by atoms with E-state index in [2.05, 4.69) is 17.1 Å². The zero-order chi connectivity index (χ0) is 20.1. The van der Waals surface area contributed by atoms with Crippen molar-refractivity contribution in [1.82, 2.24) is 15.2 Å². The molecule has 2 aromatic carbocycles. The molecule has 1 aromatic heterocycles. The Morgan fingerprint density at radius 2 is 1.46 bits per heavy atom. The van der Waals surface area contributed by atoms with E-state index >= 15 is 0 Å². The highest BCUT2D eigenvalue weighted by Crippen LogP contribution is 2.37. The summed E-state index contributed by atoms with van der Waals surface area (Å²) in [5, 5.41) is 8.38. The molecule has 0 spiro atoms. The molecule has 7 nitrogen and oxygen atoms in total. The van der Waals surface area contributed by atoms with Crippen LogP contribution in [0.25, 0.3) is 11.3 Å². The van der Waals surface area contributed by atoms with Gasteiger partial charge in [-0.1, -0.05) is 24.3 Å². The molecule has 0 amide bonds. The van der Waals surface area contributed by atoms with Gasteiger partial charge in [0.15, 0.2) is 0 Å². The monoisotopic (exact) mass is 380 g/mol. The molecule has 1 atom stereocenters. The predicted molar refractivity (Wildman–Crippen MR) is 108 cm³/mol. The molecule has 0 radical (unpaired) electrons. The molecular formula is C21H24N4O3. The standard InChI is InChI=1S/C21H24N4O3/c1-14(15-9-6-7-10-17(15)26-3)25(2)21-23-16(13-22-24-21)20-18(27-4)11-8-12-19(20)28-5/h6-14H,1-5H3. The van der Waals surface area contributed by atoms with Crippen LogP contribution in [-0.4, -0.2) is 43.6 Å². The average Bonchev–Trinajstić information content (AvgIpc) is 2.77. The highest BCUT2D eigenvalue weighted by atomic mass is 16.5. The largest absolute Gasteiger partial charge is 0.496 e. The topological polar surface area (TPSA) is 69.6 Å². The Labute approximate surface area is 164 Å². The first kappa shape index (κ1) is 19.4. The molecule has 0 aliphatic rings. The Kier molecular flexibility index (Phi) is 5.93. The predicted octanol–water partition coefficient (Wildman–Crippen LogP) is 3.76. The van der Waals surface area contributed by atoms with Crippen molar-refractivity contribution in [2.45, 2.75) is 13.0 Å². The van der Waals surface area contributed by atoms with E-state index in [1.54, 1.807) is 27.5 Å². The molecule has 3 rings (SSSR count). The van der Waals surface area contributed by atoms with Crippen LogP contribution < -0.4 is 19.1 Å². The van der Waals surface area contributed by atoms with E-state index in [-0.39, 0.29) is 6.04 Å². The normalized spacial score (nSPS) is 11.6. The summed E-state index contributed by atoms with van der Waals surface area (Å²) in [6, 6.07) is 13.5. The zero-order valence-electron chi connectivity index (χ0n) is 16.7. The summed E-state index contributed by atoms with van der Waals surface area (Å²) in [6.45, 7) is 2.07. The smallest absolute Gasteiger partial charge is 0.246 e. The van der Waals surface area contributed by atoms with E-state index in [0.29, 0.717) is 23.1 Å². The first-order chi connectivity index (χ1) is 13.6. The van der Waals surface area contributed by atoms with E-state index in [9.17, 15) is 0 Å². The second-order valence-corrected chi connectivity index (χ2v) is 6.21. The second-order valence-electron chi connectivity index (χ2n) is 6.21. The van der Waals surface area contributed by atoms with Crippen LogP contribution >= 0.6 is 0 Å². The number of methoxy groups -OCH3 is 3. The van der Waals surface area contributed by atoms with Crippen molar-refractivity contribution in [2.75, 3.05) is 33.3 Å². The third kappa shape index (κ3) is 3.69. The molecular weight excluding hydrogens is 356 g/mol. The molecule has 146 valence electrons. The molecule has 28 heavy (non-hydrogen) atoms. The van der Waals surface area contributed by atoms with Gasteiger partial charge in [0.1, 0.15) is 22.9 Å². The summed E-state index contributed by atoms with van der Waals surface area (Å²) in [7, 11) is 6.82. The number of ether oxygens (including phenoxy) is 3. The Morgan fingerprint density at radius 3 is 2.11 bits per heavy atom. The number of para-hydroxylation sites is 1. The van der Waals surface area contributed by atoms with Gasteiger partial charge in [-0.05, 0) is 25.1 Å². The van der Waals surface area contributed by atoms with E-state index in [1.807, 2.05) is 54.4 Å². The third-order valence-electron chi connectivity index (χ3n) is 4.72. The average molecular weight is 380 g/mol. The van der Waals surface area contributed by atoms with Crippen LogP contribution in [-0.2, 0) is 0 Å². The maximum absolute atomic E-state index is 5.49. The summed E-state index contributed by atoms with van der Waals surface area (Å²) >= 11 is 0. The van der Waals surface area contributed by atoms with Gasteiger partial charge in [-0.3, -0.25) is 0 Å². The molecule has 1 heterocycles. The van der Waals surface area contributed by atoms with Crippen molar-refractivity contribution in [2.24, 2.45) is 0 Å². The Bertz CT molecular complexity index is 926. The van der Waals surface area contributed by atoms with E-state index < -0.39 is 0 Å². The van der Waals surface area contributed by atoms with Gasteiger partial charge in [-0.2, -0.15) is 5.10 Å². The molecule has 0 saturated carbocycles. The molecule has 0 aliphatic heterocycles. The van der Waals surface area contributed by atoms with Gasteiger partial charge in [-0.25, -0.2) is 4.98 Å². The number of nitrogens with zero attached hydrogens (tertiary/aromatic N) is 4. The number of hydrogen-bond acceptors (Lipinski definition) is 7. The first-order valence-electron chi connectivity index (χ1n) is 8.87. The summed E-state index contributed by atoms with van der Waals surface area (Å²) in [5.74, 6) is 2.62. The zero-order valence-corrected chi connectivity index (χ0v) is 16.7.